The summed E-state index contributed by atoms with van der Waals surface area (Å²) in [4.78, 5) is 5.06. The Bertz CT molecular complexity index is 816. The van der Waals surface area contributed by atoms with Crippen molar-refractivity contribution in [1.29, 1.82) is 0 Å². The van der Waals surface area contributed by atoms with Crippen molar-refractivity contribution in [3.8, 4) is 0 Å². The minimum atomic E-state index is -0.186. The Kier molecular flexibility index (Phi) is 2.20. The molecule has 24 heavy (non-hydrogen) atoms. The fourth-order valence-electron chi connectivity index (χ4n) is 7.17. The molecule has 3 saturated heterocycles. The molecule has 4 aliphatic heterocycles. The molecule has 0 N–H and O–H groups in total. The van der Waals surface area contributed by atoms with Crippen molar-refractivity contribution in [1.82, 2.24) is 0 Å². The van der Waals surface area contributed by atoms with E-state index in [0.29, 0.717) is 25.0 Å². The van der Waals surface area contributed by atoms with Gasteiger partial charge in [0.05, 0.1) is 54.6 Å². The Balaban J connectivity index is 1.72. The second kappa shape index (κ2) is 3.85. The zero-order valence-corrected chi connectivity index (χ0v) is 13.9. The molecule has 124 valence electrons. The number of aliphatic imine (C=N–C) groups is 1. The minimum Gasteiger partial charge on any atom is -0.633 e. The molecule has 1 aromatic carbocycles. The summed E-state index contributed by atoms with van der Waals surface area (Å²) in [6.45, 7) is 5.60. The molecule has 5 fully saturated rings. The van der Waals surface area contributed by atoms with Gasteiger partial charge in [0.15, 0.2) is 0 Å². The minimum absolute atomic E-state index is 0.106. The standard InChI is InChI=1S/C20H22N2O2/c1-3-19-11-22(2,23)16-9-20(19)13-6-4-5-7-15(13)21-18(20)17-8-14(19)12(16)10-24-17/h3-7,12,14,16-17H,1,8-11H2,2H3/t12-,14?,16-,17+,19-,20-,22+/m0/s1. The average molecular weight is 322 g/mol. The van der Waals surface area contributed by atoms with Gasteiger partial charge in [0.2, 0.25) is 0 Å². The van der Waals surface area contributed by atoms with Crippen molar-refractivity contribution in [2.24, 2.45) is 22.2 Å². The smallest absolute Gasteiger partial charge is 0.0968 e. The molecule has 7 rings (SSSR count). The zero-order chi connectivity index (χ0) is 16.3. The second-order valence-electron chi connectivity index (χ2n) is 8.60. The third-order valence-corrected chi connectivity index (χ3v) is 7.93. The van der Waals surface area contributed by atoms with Gasteiger partial charge in [-0.05, 0) is 24.0 Å². The molecule has 4 heterocycles. The highest BCUT2D eigenvalue weighted by Gasteiger charge is 2.77. The summed E-state index contributed by atoms with van der Waals surface area (Å²) in [7, 11) is 1.86. The van der Waals surface area contributed by atoms with Crippen LogP contribution in [0.3, 0.4) is 0 Å². The Morgan fingerprint density at radius 1 is 1.42 bits per heavy atom. The van der Waals surface area contributed by atoms with Crippen LogP contribution in [0.4, 0.5) is 5.69 Å². The predicted octanol–water partition coefficient (Wildman–Crippen LogP) is 2.95. The molecule has 6 aliphatic rings. The van der Waals surface area contributed by atoms with Gasteiger partial charge in [-0.1, -0.05) is 24.3 Å². The summed E-state index contributed by atoms with van der Waals surface area (Å²) in [5.74, 6) is 0.855. The normalized spacial score (nSPS) is 52.7. The van der Waals surface area contributed by atoms with Crippen molar-refractivity contribution in [3.05, 3.63) is 47.7 Å². The number of hydroxylamine groups is 3. The van der Waals surface area contributed by atoms with Crippen molar-refractivity contribution in [2.45, 2.75) is 30.4 Å². The number of quaternary nitrogens is 1. The second-order valence-corrected chi connectivity index (χ2v) is 8.60. The Labute approximate surface area is 142 Å². The number of para-hydroxylation sites is 1. The highest BCUT2D eigenvalue weighted by atomic mass is 16.5. The van der Waals surface area contributed by atoms with Gasteiger partial charge in [0.25, 0.3) is 0 Å². The van der Waals surface area contributed by atoms with E-state index < -0.39 is 0 Å². The number of nitrogens with zero attached hydrogens (tertiary/aromatic N) is 2. The summed E-state index contributed by atoms with van der Waals surface area (Å²) >= 11 is 0. The van der Waals surface area contributed by atoms with Crippen LogP contribution in [0.5, 0.6) is 0 Å². The van der Waals surface area contributed by atoms with Crippen LogP contribution in [0.25, 0.3) is 0 Å². The van der Waals surface area contributed by atoms with Gasteiger partial charge in [-0.15, -0.1) is 6.58 Å². The van der Waals surface area contributed by atoms with Crippen molar-refractivity contribution < 1.29 is 9.38 Å². The molecule has 0 amide bonds. The number of hydrogen-bond acceptors (Lipinski definition) is 3. The van der Waals surface area contributed by atoms with Gasteiger partial charge < -0.3 is 14.6 Å². The van der Waals surface area contributed by atoms with Gasteiger partial charge >= 0.3 is 0 Å². The van der Waals surface area contributed by atoms with Crippen molar-refractivity contribution >= 4 is 11.4 Å². The molecule has 0 aromatic heterocycles. The first-order valence-electron chi connectivity index (χ1n) is 9.03. The first-order chi connectivity index (χ1) is 11.5. The Morgan fingerprint density at radius 2 is 2.25 bits per heavy atom. The molecule has 1 aromatic rings. The SMILES string of the molecule is C=C[C@@]12C[N@@+](C)([O-])[C@H]3C[C@]14C(=Nc1ccccc14)[C@H]1CC2[C@@H]3CO1. The van der Waals surface area contributed by atoms with E-state index in [-0.39, 0.29) is 27.6 Å². The van der Waals surface area contributed by atoms with Gasteiger partial charge in [-0.2, -0.15) is 0 Å². The molecule has 0 radical (unpaired) electrons. The maximum atomic E-state index is 13.4. The number of piperidine rings is 2. The average Bonchev–Trinajstić information content (AvgIpc) is 2.89. The van der Waals surface area contributed by atoms with E-state index in [2.05, 4.69) is 36.9 Å². The first-order valence-corrected chi connectivity index (χ1v) is 9.03. The first kappa shape index (κ1) is 13.8. The topological polar surface area (TPSA) is 44.7 Å². The summed E-state index contributed by atoms with van der Waals surface area (Å²) in [6.07, 6.45) is 4.15. The summed E-state index contributed by atoms with van der Waals surface area (Å²) in [6, 6.07) is 8.61. The van der Waals surface area contributed by atoms with Crippen LogP contribution in [0, 0.1) is 22.5 Å². The maximum absolute atomic E-state index is 13.4. The van der Waals surface area contributed by atoms with Gasteiger partial charge in [0, 0.05) is 12.3 Å². The van der Waals surface area contributed by atoms with E-state index in [1.807, 2.05) is 7.05 Å². The van der Waals surface area contributed by atoms with E-state index in [1.165, 1.54) is 11.3 Å². The van der Waals surface area contributed by atoms with Crippen molar-refractivity contribution in [3.63, 3.8) is 0 Å². The molecule has 4 heteroatoms. The number of ether oxygens (including phenoxy) is 1. The lowest BCUT2D eigenvalue weighted by Crippen LogP contribution is -2.82. The zero-order valence-electron chi connectivity index (χ0n) is 13.9. The van der Waals surface area contributed by atoms with Crippen LogP contribution in [-0.4, -0.2) is 42.7 Å². The van der Waals surface area contributed by atoms with Crippen LogP contribution in [0.1, 0.15) is 18.4 Å². The molecule has 2 saturated carbocycles. The highest BCUT2D eigenvalue weighted by molar-refractivity contribution is 6.07. The molecule has 7 atom stereocenters. The number of benzene rings is 1. The van der Waals surface area contributed by atoms with E-state index in [4.69, 9.17) is 9.73 Å². The maximum Gasteiger partial charge on any atom is 0.0968 e. The number of rotatable bonds is 1. The quantitative estimate of drug-likeness (QED) is 0.453. The van der Waals surface area contributed by atoms with E-state index >= 15 is 0 Å². The summed E-state index contributed by atoms with van der Waals surface area (Å²) in [5.41, 5.74) is 3.22. The lowest BCUT2D eigenvalue weighted by atomic mass is 9.37. The van der Waals surface area contributed by atoms with Crippen molar-refractivity contribution in [2.75, 3.05) is 20.2 Å². The largest absolute Gasteiger partial charge is 0.633 e. The predicted molar refractivity (Wildman–Crippen MR) is 92.0 cm³/mol. The lowest BCUT2D eigenvalue weighted by Gasteiger charge is -2.74. The van der Waals surface area contributed by atoms with Gasteiger partial charge in [-0.3, -0.25) is 4.99 Å². The fraction of sp³-hybridized carbons (Fsp3) is 0.550. The van der Waals surface area contributed by atoms with Crippen LogP contribution >= 0.6 is 0 Å². The Morgan fingerprint density at radius 3 is 3.08 bits per heavy atom. The molecule has 1 spiro atoms. The van der Waals surface area contributed by atoms with Crippen LogP contribution < -0.4 is 0 Å². The van der Waals surface area contributed by atoms with E-state index in [0.717, 1.165) is 18.5 Å². The highest BCUT2D eigenvalue weighted by Crippen LogP contribution is 2.71. The molecule has 2 aliphatic carbocycles. The third kappa shape index (κ3) is 1.18. The van der Waals surface area contributed by atoms with E-state index in [1.54, 1.807) is 0 Å². The summed E-state index contributed by atoms with van der Waals surface area (Å²) in [5, 5.41) is 13.4. The molecule has 4 nitrogen and oxygen atoms in total. The van der Waals surface area contributed by atoms with Crippen LogP contribution in [0.15, 0.2) is 41.9 Å². The van der Waals surface area contributed by atoms with Crippen LogP contribution in [-0.2, 0) is 10.2 Å². The molecule has 1 unspecified atom stereocenters. The van der Waals surface area contributed by atoms with Crippen LogP contribution in [0.2, 0.25) is 0 Å². The molecule has 5 bridgehead atoms. The van der Waals surface area contributed by atoms with Gasteiger partial charge in [0.1, 0.15) is 0 Å². The fourth-order valence-corrected chi connectivity index (χ4v) is 7.17. The molecular formula is C20H22N2O2. The molecular weight excluding hydrogens is 300 g/mol. The number of hydrogen-bond donors (Lipinski definition) is 0. The monoisotopic (exact) mass is 322 g/mol. The summed E-state index contributed by atoms with van der Waals surface area (Å²) < 4.78 is 6.09. The van der Waals surface area contributed by atoms with Gasteiger partial charge in [-0.25, -0.2) is 0 Å². The third-order valence-electron chi connectivity index (χ3n) is 7.93. The number of fused-ring (bicyclic) bond motifs is 4. The Hall–Kier alpha value is -1.49. The lowest BCUT2D eigenvalue weighted by molar-refractivity contribution is -0.915. The van der Waals surface area contributed by atoms with E-state index in [9.17, 15) is 5.21 Å².